The lowest BCUT2D eigenvalue weighted by Crippen LogP contribution is -2.29. The van der Waals surface area contributed by atoms with Crippen LogP contribution in [0, 0.1) is 5.92 Å². The van der Waals surface area contributed by atoms with E-state index in [4.69, 9.17) is 0 Å². The summed E-state index contributed by atoms with van der Waals surface area (Å²) in [7, 11) is 0. The standard InChI is InChI=1S/C18H29BrN2/c1-13(2)11-21(17-7-8-17)12-16-6-5-15(9-18(16)19)10-20-14(3)4/h5-6,9,13-14,17,20H,7-8,10-12H2,1-4H3. The molecule has 0 radical (unpaired) electrons. The molecule has 1 aliphatic carbocycles. The number of hydrogen-bond donors (Lipinski definition) is 1. The molecule has 0 saturated heterocycles. The van der Waals surface area contributed by atoms with Crippen LogP contribution in [0.25, 0.3) is 0 Å². The molecule has 1 fully saturated rings. The third-order valence-electron chi connectivity index (χ3n) is 3.87. The van der Waals surface area contributed by atoms with Gasteiger partial charge in [-0.3, -0.25) is 4.90 Å². The van der Waals surface area contributed by atoms with Gasteiger partial charge in [0.1, 0.15) is 0 Å². The van der Waals surface area contributed by atoms with Crippen LogP contribution in [-0.4, -0.2) is 23.5 Å². The van der Waals surface area contributed by atoms with Crippen LogP contribution in [-0.2, 0) is 13.1 Å². The maximum Gasteiger partial charge on any atom is 0.0247 e. The second kappa shape index (κ2) is 7.75. The molecule has 0 atom stereocenters. The van der Waals surface area contributed by atoms with E-state index in [0.717, 1.165) is 25.0 Å². The minimum Gasteiger partial charge on any atom is -0.310 e. The zero-order chi connectivity index (χ0) is 15.4. The lowest BCUT2D eigenvalue weighted by Gasteiger charge is -2.24. The Labute approximate surface area is 138 Å². The lowest BCUT2D eigenvalue weighted by atomic mass is 10.1. The van der Waals surface area contributed by atoms with Crippen LogP contribution in [0.15, 0.2) is 22.7 Å². The van der Waals surface area contributed by atoms with E-state index < -0.39 is 0 Å². The average Bonchev–Trinajstić information content (AvgIpc) is 3.22. The van der Waals surface area contributed by atoms with Gasteiger partial charge in [-0.25, -0.2) is 0 Å². The van der Waals surface area contributed by atoms with E-state index in [9.17, 15) is 0 Å². The van der Waals surface area contributed by atoms with Gasteiger partial charge in [0, 0.05) is 36.2 Å². The smallest absolute Gasteiger partial charge is 0.0247 e. The lowest BCUT2D eigenvalue weighted by molar-refractivity contribution is 0.225. The first-order valence-electron chi connectivity index (χ1n) is 8.20. The van der Waals surface area contributed by atoms with Crippen molar-refractivity contribution in [3.8, 4) is 0 Å². The molecule has 21 heavy (non-hydrogen) atoms. The molecule has 0 bridgehead atoms. The maximum absolute atomic E-state index is 3.76. The molecule has 118 valence electrons. The average molecular weight is 353 g/mol. The number of hydrogen-bond acceptors (Lipinski definition) is 2. The predicted molar refractivity (Wildman–Crippen MR) is 94.4 cm³/mol. The number of rotatable bonds is 8. The van der Waals surface area contributed by atoms with E-state index in [2.05, 4.69) is 72.0 Å². The van der Waals surface area contributed by atoms with Crippen molar-refractivity contribution in [1.82, 2.24) is 10.2 Å². The van der Waals surface area contributed by atoms with Gasteiger partial charge < -0.3 is 5.32 Å². The first-order valence-corrected chi connectivity index (χ1v) is 8.99. The van der Waals surface area contributed by atoms with Crippen molar-refractivity contribution >= 4 is 15.9 Å². The summed E-state index contributed by atoms with van der Waals surface area (Å²) in [6.07, 6.45) is 2.75. The van der Waals surface area contributed by atoms with Crippen LogP contribution in [0.1, 0.15) is 51.7 Å². The van der Waals surface area contributed by atoms with Crippen LogP contribution in [0.5, 0.6) is 0 Å². The second-order valence-corrected chi connectivity index (χ2v) is 7.87. The molecule has 0 spiro atoms. The zero-order valence-corrected chi connectivity index (χ0v) is 15.4. The molecule has 1 saturated carbocycles. The number of halogens is 1. The van der Waals surface area contributed by atoms with Crippen LogP contribution >= 0.6 is 15.9 Å². The normalized spacial score (nSPS) is 15.4. The quantitative estimate of drug-likeness (QED) is 0.737. The van der Waals surface area contributed by atoms with E-state index in [1.54, 1.807) is 0 Å². The molecular weight excluding hydrogens is 324 g/mol. The Kier molecular flexibility index (Phi) is 6.27. The molecule has 2 rings (SSSR count). The van der Waals surface area contributed by atoms with Gasteiger partial charge in [0.15, 0.2) is 0 Å². The Morgan fingerprint density at radius 1 is 1.24 bits per heavy atom. The highest BCUT2D eigenvalue weighted by atomic mass is 79.9. The Balaban J connectivity index is 1.99. The summed E-state index contributed by atoms with van der Waals surface area (Å²) in [6, 6.07) is 8.17. The van der Waals surface area contributed by atoms with E-state index in [1.807, 2.05) is 0 Å². The number of benzene rings is 1. The van der Waals surface area contributed by atoms with Gasteiger partial charge in [-0.1, -0.05) is 55.8 Å². The summed E-state index contributed by atoms with van der Waals surface area (Å²) in [5.74, 6) is 0.735. The fourth-order valence-electron chi connectivity index (χ4n) is 2.62. The highest BCUT2D eigenvalue weighted by molar-refractivity contribution is 9.10. The molecule has 1 aromatic carbocycles. The van der Waals surface area contributed by atoms with Crippen LogP contribution in [0.4, 0.5) is 0 Å². The monoisotopic (exact) mass is 352 g/mol. The molecule has 3 heteroatoms. The highest BCUT2D eigenvalue weighted by Gasteiger charge is 2.29. The van der Waals surface area contributed by atoms with Crippen molar-refractivity contribution in [2.24, 2.45) is 5.92 Å². The SMILES string of the molecule is CC(C)CN(Cc1ccc(CNC(C)C)cc1Br)C1CC1. The Hall–Kier alpha value is -0.380. The predicted octanol–water partition coefficient (Wildman–Crippen LogP) is 4.57. The molecule has 1 N–H and O–H groups in total. The van der Waals surface area contributed by atoms with Crippen molar-refractivity contribution in [3.05, 3.63) is 33.8 Å². The maximum atomic E-state index is 3.76. The number of nitrogens with one attached hydrogen (secondary N) is 1. The van der Waals surface area contributed by atoms with Crippen molar-refractivity contribution < 1.29 is 0 Å². The summed E-state index contributed by atoms with van der Waals surface area (Å²) in [5.41, 5.74) is 2.76. The van der Waals surface area contributed by atoms with E-state index in [-0.39, 0.29) is 0 Å². The first kappa shape index (κ1) is 17.0. The van der Waals surface area contributed by atoms with Crippen LogP contribution < -0.4 is 5.32 Å². The summed E-state index contributed by atoms with van der Waals surface area (Å²) in [6.45, 7) is 12.2. The molecule has 1 aromatic rings. The third-order valence-corrected chi connectivity index (χ3v) is 4.61. The molecule has 0 aliphatic heterocycles. The second-order valence-electron chi connectivity index (χ2n) is 7.02. The van der Waals surface area contributed by atoms with Gasteiger partial charge in [-0.15, -0.1) is 0 Å². The fraction of sp³-hybridized carbons (Fsp3) is 0.667. The van der Waals surface area contributed by atoms with E-state index in [0.29, 0.717) is 6.04 Å². The topological polar surface area (TPSA) is 15.3 Å². The van der Waals surface area contributed by atoms with Crippen LogP contribution in [0.2, 0.25) is 0 Å². The van der Waals surface area contributed by atoms with E-state index >= 15 is 0 Å². The van der Waals surface area contributed by atoms with Gasteiger partial charge in [-0.2, -0.15) is 0 Å². The molecule has 2 nitrogen and oxygen atoms in total. The summed E-state index contributed by atoms with van der Waals surface area (Å²) in [5, 5.41) is 3.47. The Bertz CT molecular complexity index is 453. The minimum atomic E-state index is 0.528. The molecule has 0 unspecified atom stereocenters. The summed E-state index contributed by atoms with van der Waals surface area (Å²) >= 11 is 3.76. The molecule has 1 aliphatic rings. The number of nitrogens with zero attached hydrogens (tertiary/aromatic N) is 1. The van der Waals surface area contributed by atoms with Crippen molar-refractivity contribution in [1.29, 1.82) is 0 Å². The Morgan fingerprint density at radius 3 is 2.48 bits per heavy atom. The molecule has 0 aromatic heterocycles. The Morgan fingerprint density at radius 2 is 1.95 bits per heavy atom. The first-order chi connectivity index (χ1) is 9.95. The molecule has 0 heterocycles. The van der Waals surface area contributed by atoms with Gasteiger partial charge >= 0.3 is 0 Å². The van der Waals surface area contributed by atoms with Crippen molar-refractivity contribution in [2.75, 3.05) is 6.54 Å². The van der Waals surface area contributed by atoms with E-state index in [1.165, 1.54) is 35.0 Å². The molecular formula is C18H29BrN2. The largest absolute Gasteiger partial charge is 0.310 e. The fourth-order valence-corrected chi connectivity index (χ4v) is 3.17. The molecule has 0 amide bonds. The van der Waals surface area contributed by atoms with Crippen LogP contribution in [0.3, 0.4) is 0 Å². The summed E-state index contributed by atoms with van der Waals surface area (Å²) < 4.78 is 1.25. The zero-order valence-electron chi connectivity index (χ0n) is 13.8. The third kappa shape index (κ3) is 5.72. The van der Waals surface area contributed by atoms with Gasteiger partial charge in [0.05, 0.1) is 0 Å². The van der Waals surface area contributed by atoms with Gasteiger partial charge in [0.2, 0.25) is 0 Å². The van der Waals surface area contributed by atoms with Crippen molar-refractivity contribution in [3.63, 3.8) is 0 Å². The minimum absolute atomic E-state index is 0.528. The summed E-state index contributed by atoms with van der Waals surface area (Å²) in [4.78, 5) is 2.65. The van der Waals surface area contributed by atoms with Gasteiger partial charge in [0.25, 0.3) is 0 Å². The highest BCUT2D eigenvalue weighted by Crippen LogP contribution is 2.30. The van der Waals surface area contributed by atoms with Crippen molar-refractivity contribution in [2.45, 2.75) is 65.7 Å². The van der Waals surface area contributed by atoms with Gasteiger partial charge in [-0.05, 0) is 36.0 Å².